The first-order valence-electron chi connectivity index (χ1n) is 32.0. The Kier molecular flexibility index (Phi) is 27.8. The molecule has 15 heteroatoms. The number of ether oxygens (including phenoxy) is 7. The molecule has 81 heavy (non-hydrogen) atoms. The number of carbonyl (C=O) groups excluding carboxylic acids is 2. The summed E-state index contributed by atoms with van der Waals surface area (Å²) in [7, 11) is 0. The van der Waals surface area contributed by atoms with Gasteiger partial charge in [0.1, 0.15) is 17.5 Å². The van der Waals surface area contributed by atoms with E-state index in [0.29, 0.717) is 61.1 Å². The summed E-state index contributed by atoms with van der Waals surface area (Å²) >= 11 is 0. The fraction of sp³-hybridized carbons (Fsp3) is 0.712. The fourth-order valence-electron chi connectivity index (χ4n) is 12.9. The van der Waals surface area contributed by atoms with E-state index in [4.69, 9.17) is 43.2 Å². The molecule has 0 aromatic heterocycles. The van der Waals surface area contributed by atoms with E-state index in [1.165, 1.54) is 89.9 Å². The molecule has 3 N–H and O–H groups in total. The molecule has 2 aliphatic carbocycles. The predicted molar refractivity (Wildman–Crippen MR) is 317 cm³/mol. The van der Waals surface area contributed by atoms with Gasteiger partial charge in [-0.15, -0.1) is 6.58 Å². The number of allylic oxidation sites excluding steroid dienone is 1. The highest BCUT2D eigenvalue weighted by Crippen LogP contribution is 2.62. The number of carbonyl (C=O) groups is 2. The number of aliphatic hydroxyl groups excluding tert-OH is 2. The molecule has 2 fully saturated rings. The van der Waals surface area contributed by atoms with Crippen molar-refractivity contribution in [3.05, 3.63) is 71.8 Å². The summed E-state index contributed by atoms with van der Waals surface area (Å²) in [5.74, 6) is -0.303. The Bertz CT molecular complexity index is 2250. The van der Waals surface area contributed by atoms with Gasteiger partial charge in [-0.05, 0) is 105 Å². The van der Waals surface area contributed by atoms with Gasteiger partial charge in [-0.2, -0.15) is 0 Å². The lowest BCUT2D eigenvalue weighted by molar-refractivity contribution is -0.256. The molecule has 15 nitrogen and oxygen atoms in total. The maximum atomic E-state index is 15.3. The van der Waals surface area contributed by atoms with E-state index < -0.39 is 36.2 Å². The van der Waals surface area contributed by atoms with Crippen LogP contribution in [0.4, 0.5) is 9.59 Å². The van der Waals surface area contributed by atoms with Gasteiger partial charge in [0.2, 0.25) is 18.9 Å². The van der Waals surface area contributed by atoms with Gasteiger partial charge >= 0.3 is 12.2 Å². The van der Waals surface area contributed by atoms with Crippen LogP contribution in [0.25, 0.3) is 0 Å². The molecule has 1 saturated carbocycles. The molecule has 3 aliphatic heterocycles. The number of benzene rings is 2. The van der Waals surface area contributed by atoms with Crippen molar-refractivity contribution in [2.24, 2.45) is 22.9 Å². The van der Waals surface area contributed by atoms with Gasteiger partial charge in [0.15, 0.2) is 11.5 Å². The van der Waals surface area contributed by atoms with E-state index in [1.54, 1.807) is 17.0 Å². The predicted octanol–water partition coefficient (Wildman–Crippen LogP) is 15.1. The number of hydrogen-bond donors (Lipinski definition) is 3. The monoisotopic (exact) mass is 1130 g/mol. The Hall–Kier alpha value is -4.83. The molecule has 2 aromatic carbocycles. The molecule has 0 spiro atoms. The topological polar surface area (TPSA) is 176 Å². The van der Waals surface area contributed by atoms with Crippen LogP contribution in [0, 0.1) is 17.8 Å². The lowest BCUT2D eigenvalue weighted by Gasteiger charge is -2.59. The zero-order valence-electron chi connectivity index (χ0n) is 49.5. The Morgan fingerprint density at radius 2 is 1.44 bits per heavy atom. The van der Waals surface area contributed by atoms with Gasteiger partial charge in [0.25, 0.3) is 0 Å². The molecule has 7 unspecified atom stereocenters. The minimum atomic E-state index is -1.54. The third kappa shape index (κ3) is 18.8. The van der Waals surface area contributed by atoms with Gasteiger partial charge in [0, 0.05) is 50.6 Å². The van der Waals surface area contributed by atoms with E-state index in [9.17, 15) is 15.0 Å². The van der Waals surface area contributed by atoms with Crippen molar-refractivity contribution in [2.45, 2.75) is 237 Å². The molecular formula is C66H101N3O12. The summed E-state index contributed by atoms with van der Waals surface area (Å²) in [6, 6.07) is 10.5. The number of nitrogens with zero attached hydrogens (tertiary/aromatic N) is 2. The number of aliphatic hydroxyl groups is 2. The van der Waals surface area contributed by atoms with Crippen LogP contribution in [0.5, 0.6) is 23.0 Å². The number of oxime groups is 1. The molecule has 1 saturated heterocycles. The highest BCUT2D eigenvalue weighted by atomic mass is 16.8. The fourth-order valence-corrected chi connectivity index (χ4v) is 12.9. The van der Waals surface area contributed by atoms with Gasteiger partial charge in [-0.1, -0.05) is 166 Å². The SMILES string of the molecule is C=CCOC12Oc3ccc(OC(=O)NCCCCCCCCCCCC)cc3C3C(CCCCO)C(CCCCO)C=C(C(=NOC4CCCCO4)CC1N(Cc1ccc4c(c1)OCO4)C(=O)OCCCCCCCCCCCC)C32. The van der Waals surface area contributed by atoms with Crippen molar-refractivity contribution >= 4 is 17.9 Å². The first-order chi connectivity index (χ1) is 39.8. The third-order valence-electron chi connectivity index (χ3n) is 17.2. The van der Waals surface area contributed by atoms with Crippen LogP contribution in [0.15, 0.2) is 65.9 Å². The highest BCUT2D eigenvalue weighted by Gasteiger charge is 2.66. The van der Waals surface area contributed by atoms with Crippen LogP contribution in [-0.2, 0) is 25.6 Å². The van der Waals surface area contributed by atoms with Crippen LogP contribution in [0.1, 0.15) is 224 Å². The Labute approximate surface area is 485 Å². The van der Waals surface area contributed by atoms with E-state index in [2.05, 4.69) is 31.8 Å². The molecule has 0 bridgehead atoms. The first-order valence-corrected chi connectivity index (χ1v) is 32.0. The quantitative estimate of drug-likeness (QED) is 0.0329. The second-order valence-corrected chi connectivity index (χ2v) is 23.3. The third-order valence-corrected chi connectivity index (χ3v) is 17.2. The van der Waals surface area contributed by atoms with Crippen molar-refractivity contribution < 1.29 is 57.8 Å². The largest absolute Gasteiger partial charge is 0.459 e. The minimum absolute atomic E-state index is 0.00641. The maximum absolute atomic E-state index is 15.3. The number of unbranched alkanes of at least 4 members (excludes halogenated alkanes) is 20. The molecule has 2 aromatic rings. The average molecular weight is 1130 g/mol. The van der Waals surface area contributed by atoms with Crippen molar-refractivity contribution in [1.82, 2.24) is 10.2 Å². The number of fused-ring (bicyclic) bond motifs is 3. The number of amides is 2. The zero-order valence-corrected chi connectivity index (χ0v) is 49.5. The molecule has 5 aliphatic rings. The Morgan fingerprint density at radius 3 is 2.12 bits per heavy atom. The molecular weight excluding hydrogens is 1030 g/mol. The smallest absolute Gasteiger partial charge is 0.412 e. The number of nitrogens with one attached hydrogen (secondary N) is 1. The highest BCUT2D eigenvalue weighted by molar-refractivity contribution is 6.03. The summed E-state index contributed by atoms with van der Waals surface area (Å²) in [6.45, 7) is 10.4. The maximum Gasteiger partial charge on any atom is 0.412 e. The summed E-state index contributed by atoms with van der Waals surface area (Å²) < 4.78 is 45.0. The molecule has 7 atom stereocenters. The summed E-state index contributed by atoms with van der Waals surface area (Å²) in [6.07, 6.45) is 33.2. The van der Waals surface area contributed by atoms with Crippen LogP contribution < -0.4 is 24.3 Å². The zero-order chi connectivity index (χ0) is 56.9. The minimum Gasteiger partial charge on any atom is -0.459 e. The lowest BCUT2D eigenvalue weighted by Crippen LogP contribution is -2.70. The van der Waals surface area contributed by atoms with Crippen molar-refractivity contribution in [2.75, 3.05) is 46.4 Å². The van der Waals surface area contributed by atoms with Gasteiger partial charge < -0.3 is 53.5 Å². The standard InChI is InChI=1S/C66H101N3O12/c1-4-7-9-11-13-15-17-19-21-26-38-67-64(72)79-52-35-37-57-55(46-52)62-53(32-24-28-40-71)51(31-23-27-39-70)45-54-56(68-81-61-33-25-30-42-74-61)47-60(66(80-57,63(54)62)78-41-6-3)69(48-50-34-36-58-59(44-50)77-49-76-58)65(73)75-43-29-22-20-18-16-14-12-10-8-5-2/h6,34-37,44-46,51,53,60-63,70-71H,3-5,7-33,38-43,47-49H2,1-2H3,(H,67,72). The summed E-state index contributed by atoms with van der Waals surface area (Å²) in [4.78, 5) is 37.1. The van der Waals surface area contributed by atoms with Crippen LogP contribution in [-0.4, -0.2) is 97.5 Å². The normalized spacial score (nSPS) is 23.0. The molecule has 0 radical (unpaired) electrons. The Balaban J connectivity index is 1.25. The Morgan fingerprint density at radius 1 is 0.778 bits per heavy atom. The summed E-state index contributed by atoms with van der Waals surface area (Å²) in [5.41, 5.74) is 3.21. The van der Waals surface area contributed by atoms with Crippen LogP contribution in [0.3, 0.4) is 0 Å². The molecule has 3 heterocycles. The van der Waals surface area contributed by atoms with Crippen molar-refractivity contribution in [1.29, 1.82) is 0 Å². The average Bonchev–Trinajstić information content (AvgIpc) is 1.74. The molecule has 2 amide bonds. The second-order valence-electron chi connectivity index (χ2n) is 23.3. The summed E-state index contributed by atoms with van der Waals surface area (Å²) in [5, 5.41) is 28.3. The first kappa shape index (κ1) is 63.7. The molecule has 7 rings (SSSR count). The number of hydrogen-bond acceptors (Lipinski definition) is 13. The van der Waals surface area contributed by atoms with E-state index in [-0.39, 0.29) is 63.9 Å². The van der Waals surface area contributed by atoms with Crippen molar-refractivity contribution in [3.63, 3.8) is 0 Å². The van der Waals surface area contributed by atoms with Gasteiger partial charge in [-0.25, -0.2) is 9.59 Å². The van der Waals surface area contributed by atoms with Crippen molar-refractivity contribution in [3.8, 4) is 23.0 Å². The van der Waals surface area contributed by atoms with E-state index in [0.717, 1.165) is 93.7 Å². The van der Waals surface area contributed by atoms with E-state index >= 15 is 4.79 Å². The van der Waals surface area contributed by atoms with Gasteiger partial charge in [-0.3, -0.25) is 4.90 Å². The van der Waals surface area contributed by atoms with E-state index in [1.807, 2.05) is 30.3 Å². The number of rotatable bonds is 39. The van der Waals surface area contributed by atoms with Crippen LogP contribution >= 0.6 is 0 Å². The second kappa shape index (κ2) is 35.3. The lowest BCUT2D eigenvalue weighted by atomic mass is 9.55. The molecule has 452 valence electrons. The van der Waals surface area contributed by atoms with Gasteiger partial charge in [0.05, 0.1) is 31.5 Å². The van der Waals surface area contributed by atoms with Crippen LogP contribution in [0.2, 0.25) is 0 Å².